The van der Waals surface area contributed by atoms with Crippen molar-refractivity contribution >= 4 is 5.91 Å². The number of nitrogens with one attached hydrogen (secondary N) is 1. The normalized spacial score (nSPS) is 35.8. The molecule has 1 aliphatic carbocycles. The maximum absolute atomic E-state index is 11.7. The highest BCUT2D eigenvalue weighted by atomic mass is 16.2. The Labute approximate surface area is 98.6 Å². The quantitative estimate of drug-likeness (QED) is 0.790. The van der Waals surface area contributed by atoms with Gasteiger partial charge in [0.1, 0.15) is 0 Å². The zero-order chi connectivity index (χ0) is 11.5. The van der Waals surface area contributed by atoms with E-state index in [9.17, 15) is 4.79 Å². The number of hydrogen-bond donors (Lipinski definition) is 1. The third-order valence-electron chi connectivity index (χ3n) is 4.22. The first kappa shape index (κ1) is 11.9. The Hall–Kier alpha value is -0.570. The van der Waals surface area contributed by atoms with E-state index in [1.165, 1.54) is 25.7 Å². The molecule has 1 unspecified atom stereocenters. The lowest BCUT2D eigenvalue weighted by Gasteiger charge is -2.27. The Bertz CT molecular complexity index is 246. The molecule has 1 saturated carbocycles. The van der Waals surface area contributed by atoms with Gasteiger partial charge in [-0.15, -0.1) is 0 Å². The van der Waals surface area contributed by atoms with Crippen LogP contribution in [-0.2, 0) is 4.79 Å². The summed E-state index contributed by atoms with van der Waals surface area (Å²) in [6, 6.07) is 0.101. The van der Waals surface area contributed by atoms with Crippen molar-refractivity contribution in [2.75, 3.05) is 20.1 Å². The van der Waals surface area contributed by atoms with Gasteiger partial charge in [-0.05, 0) is 37.6 Å². The Morgan fingerprint density at radius 2 is 1.94 bits per heavy atom. The number of carbonyl (C=O) groups excluding carboxylic acids is 1. The van der Waals surface area contributed by atoms with E-state index in [1.807, 2.05) is 11.9 Å². The molecule has 92 valence electrons. The topological polar surface area (TPSA) is 32.3 Å². The lowest BCUT2D eigenvalue weighted by Crippen LogP contribution is -2.39. The zero-order valence-corrected chi connectivity index (χ0v) is 10.5. The van der Waals surface area contributed by atoms with Crippen LogP contribution in [-0.4, -0.2) is 37.0 Å². The standard InChI is InChI=1S/C13H24N2O/c1-10-3-5-11(6-4-10)9-14-12-7-8-15(2)13(12)16/h10-12,14H,3-9H2,1-2H3. The molecular formula is C13H24N2O. The molecule has 3 nitrogen and oxygen atoms in total. The number of hydrogen-bond acceptors (Lipinski definition) is 2. The van der Waals surface area contributed by atoms with E-state index in [0.717, 1.165) is 31.3 Å². The lowest BCUT2D eigenvalue weighted by atomic mass is 9.83. The van der Waals surface area contributed by atoms with Gasteiger partial charge in [0.05, 0.1) is 6.04 Å². The maximum Gasteiger partial charge on any atom is 0.239 e. The largest absolute Gasteiger partial charge is 0.344 e. The Morgan fingerprint density at radius 3 is 2.50 bits per heavy atom. The van der Waals surface area contributed by atoms with Crippen LogP contribution in [0, 0.1) is 11.8 Å². The van der Waals surface area contributed by atoms with Crippen LogP contribution in [0.25, 0.3) is 0 Å². The highest BCUT2D eigenvalue weighted by Gasteiger charge is 2.29. The van der Waals surface area contributed by atoms with Crippen molar-refractivity contribution in [3.63, 3.8) is 0 Å². The van der Waals surface area contributed by atoms with E-state index in [0.29, 0.717) is 0 Å². The molecule has 0 aromatic rings. The predicted octanol–water partition coefficient (Wildman–Crippen LogP) is 1.63. The van der Waals surface area contributed by atoms with Crippen LogP contribution in [0.5, 0.6) is 0 Å². The minimum Gasteiger partial charge on any atom is -0.344 e. The summed E-state index contributed by atoms with van der Waals surface area (Å²) in [6.07, 6.45) is 6.39. The summed E-state index contributed by atoms with van der Waals surface area (Å²) in [5, 5.41) is 3.46. The van der Waals surface area contributed by atoms with Crippen LogP contribution in [0.4, 0.5) is 0 Å². The van der Waals surface area contributed by atoms with E-state index in [1.54, 1.807) is 0 Å². The first-order valence-corrected chi connectivity index (χ1v) is 6.65. The molecule has 0 bridgehead atoms. The van der Waals surface area contributed by atoms with E-state index < -0.39 is 0 Å². The molecule has 0 aromatic carbocycles. The van der Waals surface area contributed by atoms with Gasteiger partial charge in [-0.1, -0.05) is 19.8 Å². The second-order valence-electron chi connectivity index (χ2n) is 5.64. The van der Waals surface area contributed by atoms with Crippen molar-refractivity contribution in [1.29, 1.82) is 0 Å². The molecular weight excluding hydrogens is 200 g/mol. The molecule has 1 saturated heterocycles. The van der Waals surface area contributed by atoms with Gasteiger partial charge in [-0.3, -0.25) is 4.79 Å². The lowest BCUT2D eigenvalue weighted by molar-refractivity contribution is -0.128. The molecule has 1 aliphatic heterocycles. The van der Waals surface area contributed by atoms with E-state index in [4.69, 9.17) is 0 Å². The minimum absolute atomic E-state index is 0.101. The molecule has 1 N–H and O–H groups in total. The average Bonchev–Trinajstić information content (AvgIpc) is 2.60. The highest BCUT2D eigenvalue weighted by molar-refractivity contribution is 5.83. The number of amides is 1. The van der Waals surface area contributed by atoms with Crippen molar-refractivity contribution < 1.29 is 4.79 Å². The van der Waals surface area contributed by atoms with E-state index in [-0.39, 0.29) is 11.9 Å². The van der Waals surface area contributed by atoms with Crippen LogP contribution in [0.2, 0.25) is 0 Å². The number of likely N-dealkylation sites (N-methyl/N-ethyl adjacent to an activating group) is 1. The maximum atomic E-state index is 11.7. The number of nitrogens with zero attached hydrogens (tertiary/aromatic N) is 1. The summed E-state index contributed by atoms with van der Waals surface area (Å²) in [6.45, 7) is 4.30. The Kier molecular flexibility index (Phi) is 3.85. The van der Waals surface area contributed by atoms with Gasteiger partial charge in [0.2, 0.25) is 5.91 Å². The summed E-state index contributed by atoms with van der Waals surface area (Å²) in [5.74, 6) is 1.99. The Balaban J connectivity index is 1.70. The smallest absolute Gasteiger partial charge is 0.239 e. The molecule has 1 amide bonds. The van der Waals surface area contributed by atoms with Crippen molar-refractivity contribution in [3.05, 3.63) is 0 Å². The second-order valence-corrected chi connectivity index (χ2v) is 5.64. The highest BCUT2D eigenvalue weighted by Crippen LogP contribution is 2.27. The summed E-state index contributed by atoms with van der Waals surface area (Å²) >= 11 is 0. The minimum atomic E-state index is 0.101. The van der Waals surface area contributed by atoms with E-state index in [2.05, 4.69) is 12.2 Å². The molecule has 16 heavy (non-hydrogen) atoms. The second kappa shape index (κ2) is 5.17. The molecule has 1 atom stereocenters. The molecule has 0 spiro atoms. The van der Waals surface area contributed by atoms with Gasteiger partial charge >= 0.3 is 0 Å². The molecule has 1 heterocycles. The Morgan fingerprint density at radius 1 is 1.25 bits per heavy atom. The third kappa shape index (κ3) is 2.76. The molecule has 2 rings (SSSR count). The number of carbonyl (C=O) groups is 1. The van der Waals surface area contributed by atoms with Crippen molar-refractivity contribution in [1.82, 2.24) is 10.2 Å². The molecule has 2 fully saturated rings. The fourth-order valence-corrected chi connectivity index (χ4v) is 2.85. The molecule has 0 radical (unpaired) electrons. The van der Waals surface area contributed by atoms with Gasteiger partial charge in [-0.25, -0.2) is 0 Å². The third-order valence-corrected chi connectivity index (χ3v) is 4.22. The van der Waals surface area contributed by atoms with E-state index >= 15 is 0 Å². The molecule has 0 aromatic heterocycles. The SMILES string of the molecule is CC1CCC(CNC2CCN(C)C2=O)CC1. The summed E-state index contributed by atoms with van der Waals surface area (Å²) in [7, 11) is 1.90. The summed E-state index contributed by atoms with van der Waals surface area (Å²) in [5.41, 5.74) is 0. The summed E-state index contributed by atoms with van der Waals surface area (Å²) < 4.78 is 0. The number of likely N-dealkylation sites (tertiary alicyclic amines) is 1. The van der Waals surface area contributed by atoms with Crippen molar-refractivity contribution in [2.24, 2.45) is 11.8 Å². The van der Waals surface area contributed by atoms with Crippen molar-refractivity contribution in [3.8, 4) is 0 Å². The molecule has 3 heteroatoms. The average molecular weight is 224 g/mol. The van der Waals surface area contributed by atoms with Crippen LogP contribution >= 0.6 is 0 Å². The van der Waals surface area contributed by atoms with Gasteiger partial charge in [0, 0.05) is 13.6 Å². The van der Waals surface area contributed by atoms with Gasteiger partial charge in [-0.2, -0.15) is 0 Å². The van der Waals surface area contributed by atoms with Crippen LogP contribution in [0.1, 0.15) is 39.0 Å². The monoisotopic (exact) mass is 224 g/mol. The van der Waals surface area contributed by atoms with Gasteiger partial charge in [0.15, 0.2) is 0 Å². The predicted molar refractivity (Wildman–Crippen MR) is 65.2 cm³/mol. The first-order chi connectivity index (χ1) is 7.66. The van der Waals surface area contributed by atoms with Crippen molar-refractivity contribution in [2.45, 2.75) is 45.1 Å². The van der Waals surface area contributed by atoms with Crippen LogP contribution < -0.4 is 5.32 Å². The number of rotatable bonds is 3. The first-order valence-electron chi connectivity index (χ1n) is 6.65. The van der Waals surface area contributed by atoms with Gasteiger partial charge in [0.25, 0.3) is 0 Å². The summed E-state index contributed by atoms with van der Waals surface area (Å²) in [4.78, 5) is 13.5. The van der Waals surface area contributed by atoms with Crippen LogP contribution in [0.3, 0.4) is 0 Å². The fourth-order valence-electron chi connectivity index (χ4n) is 2.85. The van der Waals surface area contributed by atoms with Gasteiger partial charge < -0.3 is 10.2 Å². The zero-order valence-electron chi connectivity index (χ0n) is 10.5. The molecule has 2 aliphatic rings. The fraction of sp³-hybridized carbons (Fsp3) is 0.923. The van der Waals surface area contributed by atoms with Crippen LogP contribution in [0.15, 0.2) is 0 Å².